The van der Waals surface area contributed by atoms with Crippen molar-refractivity contribution in [1.29, 1.82) is 0 Å². The van der Waals surface area contributed by atoms with Crippen LogP contribution in [0.4, 0.5) is 0 Å². The van der Waals surface area contributed by atoms with Gasteiger partial charge in [-0.3, -0.25) is 4.79 Å². The SMILES string of the molecule is CCC[C@@H](C)[C@H]1CCC2C3CCC4CC(c5ccc6c(c5C(=O)[C@@H](N)CCCCN)C(=O)OC65c6ccc(O)cc6Oc6cc(O)ccc65)CC[C@]4(C)C3CC[C@@]21C.[H-].[H-].[Na+].[Na+]. The van der Waals surface area contributed by atoms with Crippen LogP contribution in [0, 0.1) is 46.3 Å². The maximum absolute atomic E-state index is 14.9. The fourth-order valence-corrected chi connectivity index (χ4v) is 14.4. The van der Waals surface area contributed by atoms with Gasteiger partial charge in [0.1, 0.15) is 23.0 Å². The molecule has 9 rings (SSSR count). The average Bonchev–Trinajstić information content (AvgIpc) is 3.71. The number of phenols is 2. The van der Waals surface area contributed by atoms with Crippen LogP contribution in [0.5, 0.6) is 23.0 Å². The Balaban J connectivity index is 0.00000181. The largest absolute Gasteiger partial charge is 1.00 e. The van der Waals surface area contributed by atoms with Gasteiger partial charge in [-0.1, -0.05) is 59.1 Å². The Morgan fingerprint density at radius 3 is 2.17 bits per heavy atom. The predicted octanol–water partition coefficient (Wildman–Crippen LogP) is 4.72. The summed E-state index contributed by atoms with van der Waals surface area (Å²) in [5, 5.41) is 21.0. The number of carbonyl (C=O) groups is 2. The van der Waals surface area contributed by atoms with Crippen LogP contribution in [0.15, 0.2) is 48.5 Å². The second-order valence-electron chi connectivity index (χ2n) is 19.9. The van der Waals surface area contributed by atoms with E-state index in [1.807, 2.05) is 6.07 Å². The summed E-state index contributed by atoms with van der Waals surface area (Å²) in [5.41, 5.74) is 15.1. The van der Waals surface area contributed by atoms with E-state index in [0.29, 0.717) is 58.1 Å². The summed E-state index contributed by atoms with van der Waals surface area (Å²) in [4.78, 5) is 29.5. The van der Waals surface area contributed by atoms with Crippen LogP contribution in [-0.2, 0) is 10.3 Å². The van der Waals surface area contributed by atoms with Gasteiger partial charge in [0.2, 0.25) is 0 Å². The third kappa shape index (κ3) is 7.18. The molecule has 6 N–H and O–H groups in total. The maximum atomic E-state index is 14.9. The number of hydrogen-bond donors (Lipinski definition) is 4. The van der Waals surface area contributed by atoms with E-state index in [2.05, 4.69) is 33.8 Å². The topological polar surface area (TPSA) is 145 Å². The number of carbonyl (C=O) groups excluding carboxylic acids is 2. The van der Waals surface area contributed by atoms with Crippen molar-refractivity contribution in [3.8, 4) is 23.0 Å². The molecule has 8 nitrogen and oxygen atoms in total. The molecule has 5 unspecified atom stereocenters. The minimum atomic E-state index is -1.46. The molecule has 1 spiro atoms. The average molecular weight is 837 g/mol. The van der Waals surface area contributed by atoms with E-state index < -0.39 is 17.6 Å². The van der Waals surface area contributed by atoms with Crippen LogP contribution >= 0.6 is 0 Å². The van der Waals surface area contributed by atoms with Crippen molar-refractivity contribution < 1.29 is 91.2 Å². The zero-order valence-electron chi connectivity index (χ0n) is 39.0. The van der Waals surface area contributed by atoms with E-state index in [1.54, 1.807) is 24.3 Å². The minimum absolute atomic E-state index is 0. The van der Waals surface area contributed by atoms with Gasteiger partial charge in [-0.15, -0.1) is 0 Å². The summed E-state index contributed by atoms with van der Waals surface area (Å²) in [7, 11) is 0. The third-order valence-corrected chi connectivity index (χ3v) is 17.1. The minimum Gasteiger partial charge on any atom is -1.00 e. The van der Waals surface area contributed by atoms with E-state index in [4.69, 9.17) is 20.9 Å². The summed E-state index contributed by atoms with van der Waals surface area (Å²) in [6.07, 6.45) is 15.7. The number of nitrogens with two attached hydrogens (primary N) is 2. The number of fused-ring (bicyclic) bond motifs is 11. The Labute approximate surface area is 404 Å². The molecule has 60 heavy (non-hydrogen) atoms. The molecule has 2 heterocycles. The Morgan fingerprint density at radius 1 is 0.850 bits per heavy atom. The number of esters is 1. The molecule has 4 aliphatic carbocycles. The number of ether oxygens (including phenoxy) is 2. The van der Waals surface area contributed by atoms with E-state index in [-0.39, 0.29) is 96.1 Å². The van der Waals surface area contributed by atoms with Crippen LogP contribution in [0.25, 0.3) is 0 Å². The van der Waals surface area contributed by atoms with E-state index in [1.165, 1.54) is 63.5 Å². The molecule has 3 aromatic carbocycles. The van der Waals surface area contributed by atoms with Gasteiger partial charge in [0.25, 0.3) is 0 Å². The summed E-state index contributed by atoms with van der Waals surface area (Å²) >= 11 is 0. The molecule has 10 atom stereocenters. The van der Waals surface area contributed by atoms with Crippen LogP contribution in [-0.4, -0.2) is 34.6 Å². The Kier molecular flexibility index (Phi) is 13.5. The number of phenolic OH excluding ortho intramolecular Hbond substituents is 2. The van der Waals surface area contributed by atoms with E-state index in [0.717, 1.165) is 67.3 Å². The number of ketones is 1. The summed E-state index contributed by atoms with van der Waals surface area (Å²) in [6.45, 7) is 10.7. The molecular weight excluding hydrogens is 771 g/mol. The molecule has 0 amide bonds. The second-order valence-corrected chi connectivity index (χ2v) is 19.9. The van der Waals surface area contributed by atoms with E-state index >= 15 is 0 Å². The first-order valence-corrected chi connectivity index (χ1v) is 22.6. The van der Waals surface area contributed by atoms with Crippen LogP contribution in [0.2, 0.25) is 0 Å². The van der Waals surface area contributed by atoms with Crippen molar-refractivity contribution in [2.45, 2.75) is 135 Å². The van der Waals surface area contributed by atoms with Gasteiger partial charge in [0.05, 0.1) is 11.6 Å². The quantitative estimate of drug-likeness (QED) is 0.0996. The Bertz CT molecular complexity index is 2090. The van der Waals surface area contributed by atoms with Gasteiger partial charge in [-0.2, -0.15) is 0 Å². The summed E-state index contributed by atoms with van der Waals surface area (Å²) in [6, 6.07) is 12.8. The third-order valence-electron chi connectivity index (χ3n) is 17.1. The normalized spacial score (nSPS) is 31.3. The molecule has 10 heteroatoms. The molecule has 2 aliphatic heterocycles. The van der Waals surface area contributed by atoms with Crippen molar-refractivity contribution in [1.82, 2.24) is 0 Å². The molecule has 314 valence electrons. The van der Waals surface area contributed by atoms with Crippen molar-refractivity contribution in [3.63, 3.8) is 0 Å². The summed E-state index contributed by atoms with van der Waals surface area (Å²) in [5.74, 6) is 4.50. The Morgan fingerprint density at radius 2 is 1.50 bits per heavy atom. The first-order valence-electron chi connectivity index (χ1n) is 22.6. The fraction of sp³-hybridized carbons (Fsp3) is 0.600. The molecule has 6 aliphatic rings. The number of aromatic hydroxyl groups is 2. The molecule has 3 aromatic rings. The van der Waals surface area contributed by atoms with Crippen LogP contribution in [0.1, 0.15) is 169 Å². The zero-order chi connectivity index (χ0) is 40.7. The van der Waals surface area contributed by atoms with Gasteiger partial charge < -0.3 is 34.0 Å². The molecular formula is C50H66N2Na2O6. The maximum Gasteiger partial charge on any atom is 1.00 e. The zero-order valence-corrected chi connectivity index (χ0v) is 41.0. The molecule has 0 saturated heterocycles. The fourth-order valence-electron chi connectivity index (χ4n) is 14.4. The van der Waals surface area contributed by atoms with Crippen molar-refractivity contribution in [3.05, 3.63) is 81.9 Å². The van der Waals surface area contributed by atoms with Crippen molar-refractivity contribution >= 4 is 11.8 Å². The van der Waals surface area contributed by atoms with Crippen LogP contribution in [0.3, 0.4) is 0 Å². The molecule has 0 aromatic heterocycles. The molecule has 4 saturated carbocycles. The van der Waals surface area contributed by atoms with E-state index in [9.17, 15) is 19.8 Å². The van der Waals surface area contributed by atoms with Gasteiger partial charge in [-0.05, 0) is 159 Å². The predicted molar refractivity (Wildman–Crippen MR) is 227 cm³/mol. The van der Waals surface area contributed by atoms with Gasteiger partial charge in [-0.25, -0.2) is 4.79 Å². The molecule has 4 fully saturated rings. The standard InChI is InChI=1S/C50H64N2O6.2Na.2H/c1-5-8-28(2)35-18-19-36-34-13-10-30-25-29(20-22-48(30,3)37(34)21-23-49(35,36)4)33-14-17-40-45(44(33)46(55)41(52)9-6-7-24-51)47(56)58-50(40)38-15-11-31(53)26-42(38)57-43-27-32(54)12-16-39(43)50;;;;/h11-12,14-17,26-30,34-37,41,53-54H,5-10,13,18-25,51-52H2,1-4H3;;;;/q;2*+1;2*-1/t28-,29?,30?,34?,35-,36?,37?,41+,48+,49-;;;;/m1..../s1. The van der Waals surface area contributed by atoms with Crippen molar-refractivity contribution in [2.24, 2.45) is 57.8 Å². The molecule has 0 radical (unpaired) electrons. The smallest absolute Gasteiger partial charge is 1.00 e. The number of benzene rings is 3. The first-order chi connectivity index (χ1) is 27.8. The first kappa shape index (κ1) is 46.1. The number of rotatable bonds is 10. The second kappa shape index (κ2) is 17.6. The summed E-state index contributed by atoms with van der Waals surface area (Å²) < 4.78 is 12.8. The molecule has 0 bridgehead atoms. The number of unbranched alkanes of at least 4 members (excludes halogenated alkanes) is 1. The van der Waals surface area contributed by atoms with Gasteiger partial charge >= 0.3 is 65.1 Å². The van der Waals surface area contributed by atoms with Gasteiger partial charge in [0.15, 0.2) is 11.4 Å². The van der Waals surface area contributed by atoms with Crippen molar-refractivity contribution in [2.75, 3.05) is 6.54 Å². The Hall–Kier alpha value is -1.88. The van der Waals surface area contributed by atoms with Gasteiger partial charge in [0, 0.05) is 34.4 Å². The number of hydrogen-bond acceptors (Lipinski definition) is 8. The van der Waals surface area contributed by atoms with Crippen LogP contribution < -0.4 is 75.3 Å². The monoisotopic (exact) mass is 836 g/mol. The number of Topliss-reactive ketones (excluding diaryl/α,β-unsaturated/α-hetero) is 1.